The van der Waals surface area contributed by atoms with Crippen molar-refractivity contribution in [2.45, 2.75) is 77.3 Å². The van der Waals surface area contributed by atoms with Crippen molar-refractivity contribution in [3.05, 3.63) is 52.8 Å². The van der Waals surface area contributed by atoms with Crippen molar-refractivity contribution in [1.82, 2.24) is 15.3 Å². The quantitative estimate of drug-likeness (QED) is 0.536. The van der Waals surface area contributed by atoms with Gasteiger partial charge in [0.25, 0.3) is 0 Å². The lowest BCUT2D eigenvalue weighted by atomic mass is 9.81. The van der Waals surface area contributed by atoms with Crippen LogP contribution in [-0.2, 0) is 4.74 Å². The molecule has 0 bridgehead atoms. The van der Waals surface area contributed by atoms with Crippen LogP contribution in [0.2, 0.25) is 0 Å². The second-order valence-corrected chi connectivity index (χ2v) is 9.96. The molecular formula is C27H35N3O. The molecule has 1 aliphatic carbocycles. The molecule has 1 saturated heterocycles. The van der Waals surface area contributed by atoms with Gasteiger partial charge in [-0.2, -0.15) is 0 Å². The smallest absolute Gasteiger partial charge is 0.0643 e. The fourth-order valence-electron chi connectivity index (χ4n) is 5.55. The Labute approximate surface area is 185 Å². The van der Waals surface area contributed by atoms with Crippen LogP contribution < -0.4 is 5.32 Å². The van der Waals surface area contributed by atoms with E-state index in [0.29, 0.717) is 23.9 Å². The Balaban J connectivity index is 1.43. The molecule has 4 nitrogen and oxygen atoms in total. The minimum atomic E-state index is 0.456. The summed E-state index contributed by atoms with van der Waals surface area (Å²) in [5.41, 5.74) is 8.83. The highest BCUT2D eigenvalue weighted by atomic mass is 16.5. The number of aromatic amines is 1. The Kier molecular flexibility index (Phi) is 5.61. The summed E-state index contributed by atoms with van der Waals surface area (Å²) in [5, 5.41) is 5.17. The lowest BCUT2D eigenvalue weighted by Crippen LogP contribution is -2.51. The van der Waals surface area contributed by atoms with E-state index in [-0.39, 0.29) is 0 Å². The van der Waals surface area contributed by atoms with E-state index in [1.54, 1.807) is 0 Å². The zero-order chi connectivity index (χ0) is 21.5. The highest BCUT2D eigenvalue weighted by Crippen LogP contribution is 2.39. The Morgan fingerprint density at radius 1 is 0.968 bits per heavy atom. The minimum Gasteiger partial charge on any atom is -0.378 e. The van der Waals surface area contributed by atoms with Crippen LogP contribution >= 0.6 is 0 Å². The Hall–Kier alpha value is -2.17. The molecule has 2 fully saturated rings. The third-order valence-corrected chi connectivity index (χ3v) is 7.12. The molecule has 1 aliphatic heterocycles. The molecule has 4 heteroatoms. The number of hydrogen-bond donors (Lipinski definition) is 2. The zero-order valence-electron chi connectivity index (χ0n) is 19.3. The van der Waals surface area contributed by atoms with Gasteiger partial charge in [0.15, 0.2) is 0 Å². The van der Waals surface area contributed by atoms with Crippen LogP contribution in [0.25, 0.3) is 22.2 Å². The first-order chi connectivity index (χ1) is 15.0. The number of ether oxygens (including phenoxy) is 1. The molecule has 0 spiro atoms. The minimum absolute atomic E-state index is 0.456. The van der Waals surface area contributed by atoms with Crippen LogP contribution in [0.3, 0.4) is 0 Å². The van der Waals surface area contributed by atoms with Crippen molar-refractivity contribution in [3.63, 3.8) is 0 Å². The molecule has 3 heterocycles. The number of benzene rings is 1. The number of aromatic nitrogens is 2. The van der Waals surface area contributed by atoms with Crippen molar-refractivity contribution in [2.24, 2.45) is 0 Å². The van der Waals surface area contributed by atoms with Crippen LogP contribution in [0.4, 0.5) is 0 Å². The van der Waals surface area contributed by atoms with Crippen molar-refractivity contribution in [1.29, 1.82) is 0 Å². The first-order valence-electron chi connectivity index (χ1n) is 11.9. The maximum atomic E-state index is 5.32. The third-order valence-electron chi connectivity index (χ3n) is 7.12. The maximum Gasteiger partial charge on any atom is 0.0643 e. The number of hydrogen-bond acceptors (Lipinski definition) is 3. The summed E-state index contributed by atoms with van der Waals surface area (Å²) in [6, 6.07) is 12.8. The van der Waals surface area contributed by atoms with Gasteiger partial charge in [-0.1, -0.05) is 19.9 Å². The van der Waals surface area contributed by atoms with Gasteiger partial charge < -0.3 is 15.0 Å². The molecule has 5 rings (SSSR count). The van der Waals surface area contributed by atoms with Crippen molar-refractivity contribution < 1.29 is 4.74 Å². The number of pyridine rings is 1. The monoisotopic (exact) mass is 417 g/mol. The van der Waals surface area contributed by atoms with Gasteiger partial charge in [-0.15, -0.1) is 0 Å². The molecule has 2 aliphatic rings. The summed E-state index contributed by atoms with van der Waals surface area (Å²) >= 11 is 0. The molecule has 164 valence electrons. The van der Waals surface area contributed by atoms with Gasteiger partial charge >= 0.3 is 0 Å². The number of rotatable bonds is 5. The number of fused-ring (bicyclic) bond motifs is 1. The largest absolute Gasteiger partial charge is 0.378 e. The highest BCUT2D eigenvalue weighted by Gasteiger charge is 2.27. The lowest BCUT2D eigenvalue weighted by molar-refractivity contribution is -0.0121. The SMILES string of the molecule is Cc1cc(-c2[nH]c3ccc(C4CCC(NC5COC5)CC4)cc3c2C(C)C)cc(C)n1. The first-order valence-corrected chi connectivity index (χ1v) is 11.9. The Morgan fingerprint density at radius 2 is 1.68 bits per heavy atom. The van der Waals surface area contributed by atoms with Gasteiger partial charge in [0.2, 0.25) is 0 Å². The molecule has 2 N–H and O–H groups in total. The van der Waals surface area contributed by atoms with E-state index in [2.05, 4.69) is 73.3 Å². The van der Waals surface area contributed by atoms with E-state index < -0.39 is 0 Å². The number of aryl methyl sites for hydroxylation is 2. The summed E-state index contributed by atoms with van der Waals surface area (Å²) in [7, 11) is 0. The van der Waals surface area contributed by atoms with Gasteiger partial charge in [0.1, 0.15) is 0 Å². The predicted molar refractivity (Wildman–Crippen MR) is 128 cm³/mol. The molecule has 1 aromatic carbocycles. The molecule has 0 unspecified atom stereocenters. The average molecular weight is 418 g/mol. The summed E-state index contributed by atoms with van der Waals surface area (Å²) < 4.78 is 5.32. The van der Waals surface area contributed by atoms with Gasteiger partial charge in [0, 0.05) is 33.9 Å². The topological polar surface area (TPSA) is 49.9 Å². The zero-order valence-corrected chi connectivity index (χ0v) is 19.3. The van der Waals surface area contributed by atoms with Crippen LogP contribution in [0.1, 0.15) is 73.9 Å². The summed E-state index contributed by atoms with van der Waals surface area (Å²) in [4.78, 5) is 8.31. The van der Waals surface area contributed by atoms with E-state index in [0.717, 1.165) is 24.6 Å². The molecule has 0 atom stereocenters. The molecule has 3 aromatic rings. The second kappa shape index (κ2) is 8.40. The van der Waals surface area contributed by atoms with Crippen LogP contribution in [0, 0.1) is 13.8 Å². The predicted octanol–water partition coefficient (Wildman–Crippen LogP) is 5.98. The number of nitrogens with one attached hydrogen (secondary N) is 2. The van der Waals surface area contributed by atoms with Crippen LogP contribution in [-0.4, -0.2) is 35.3 Å². The van der Waals surface area contributed by atoms with Gasteiger partial charge in [-0.25, -0.2) is 0 Å². The van der Waals surface area contributed by atoms with E-state index >= 15 is 0 Å². The van der Waals surface area contributed by atoms with Gasteiger partial charge in [-0.3, -0.25) is 4.98 Å². The molecule has 2 aromatic heterocycles. The Bertz CT molecular complexity index is 1050. The van der Waals surface area contributed by atoms with Crippen LogP contribution in [0.5, 0.6) is 0 Å². The van der Waals surface area contributed by atoms with E-state index in [1.807, 2.05) is 0 Å². The first kappa shape index (κ1) is 20.7. The fraction of sp³-hybridized carbons (Fsp3) is 0.519. The molecule has 0 amide bonds. The number of nitrogens with zero attached hydrogens (tertiary/aromatic N) is 1. The second-order valence-electron chi connectivity index (χ2n) is 9.96. The van der Waals surface area contributed by atoms with Gasteiger partial charge in [0.05, 0.1) is 24.9 Å². The van der Waals surface area contributed by atoms with E-state index in [4.69, 9.17) is 4.74 Å². The van der Waals surface area contributed by atoms with Crippen LogP contribution in [0.15, 0.2) is 30.3 Å². The number of H-pyrrole nitrogens is 1. The normalized spacial score (nSPS) is 22.2. The maximum absolute atomic E-state index is 5.32. The summed E-state index contributed by atoms with van der Waals surface area (Å²) in [6.07, 6.45) is 5.08. The van der Waals surface area contributed by atoms with Crippen molar-refractivity contribution in [2.75, 3.05) is 13.2 Å². The lowest BCUT2D eigenvalue weighted by Gasteiger charge is -2.35. The van der Waals surface area contributed by atoms with Crippen molar-refractivity contribution >= 4 is 10.9 Å². The Morgan fingerprint density at radius 3 is 2.29 bits per heavy atom. The molecular weight excluding hydrogens is 382 g/mol. The summed E-state index contributed by atoms with van der Waals surface area (Å²) in [5.74, 6) is 1.13. The molecule has 0 radical (unpaired) electrons. The van der Waals surface area contributed by atoms with E-state index in [9.17, 15) is 0 Å². The van der Waals surface area contributed by atoms with Gasteiger partial charge in [-0.05, 0) is 86.8 Å². The average Bonchev–Trinajstić information content (AvgIpc) is 3.09. The molecule has 31 heavy (non-hydrogen) atoms. The highest BCUT2D eigenvalue weighted by molar-refractivity contribution is 5.92. The van der Waals surface area contributed by atoms with Crippen molar-refractivity contribution in [3.8, 4) is 11.3 Å². The standard InChI is InChI=1S/C27H35N3O/c1-16(2)26-24-13-20(19-5-8-22(9-6-19)29-23-14-31-15-23)7-10-25(24)30-27(26)21-11-17(3)28-18(4)12-21/h7,10-13,16,19,22-23,29-30H,5-6,8-9,14-15H2,1-4H3. The van der Waals surface area contributed by atoms with E-state index in [1.165, 1.54) is 59.0 Å². The summed E-state index contributed by atoms with van der Waals surface area (Å²) in [6.45, 7) is 10.5. The fourth-order valence-corrected chi connectivity index (χ4v) is 5.55. The third kappa shape index (κ3) is 4.16. The molecule has 1 saturated carbocycles.